The highest BCUT2D eigenvalue weighted by Gasteiger charge is 2.32. The number of carbonyl (C=O) groups is 1. The topological polar surface area (TPSA) is 68.6 Å². The summed E-state index contributed by atoms with van der Waals surface area (Å²) in [5.41, 5.74) is 2.24. The molecule has 0 bridgehead atoms. The van der Waals surface area contributed by atoms with Gasteiger partial charge in [0.1, 0.15) is 11.9 Å². The molecule has 1 amide bonds. The van der Waals surface area contributed by atoms with E-state index >= 15 is 0 Å². The molecule has 34 heavy (non-hydrogen) atoms. The molecule has 0 spiro atoms. The first-order valence-corrected chi connectivity index (χ1v) is 13.6. The summed E-state index contributed by atoms with van der Waals surface area (Å²) in [7, 11) is 0. The number of nitrogens with one attached hydrogen (secondary N) is 1. The van der Waals surface area contributed by atoms with Crippen LogP contribution in [0.15, 0.2) is 23.1 Å². The Kier molecular flexibility index (Phi) is 7.21. The minimum atomic E-state index is -0.388. The lowest BCUT2D eigenvalue weighted by molar-refractivity contribution is -0.136. The van der Waals surface area contributed by atoms with Gasteiger partial charge in [-0.05, 0) is 68.2 Å². The Labute approximate surface area is 207 Å². The van der Waals surface area contributed by atoms with E-state index in [0.29, 0.717) is 25.1 Å². The van der Waals surface area contributed by atoms with Gasteiger partial charge in [0.2, 0.25) is 0 Å². The van der Waals surface area contributed by atoms with E-state index in [1.165, 1.54) is 11.9 Å². The number of amides is 1. The quantitative estimate of drug-likeness (QED) is 0.619. The van der Waals surface area contributed by atoms with Gasteiger partial charge in [0.05, 0.1) is 17.6 Å². The van der Waals surface area contributed by atoms with Crippen LogP contribution >= 0.6 is 11.9 Å². The van der Waals surface area contributed by atoms with Crippen LogP contribution in [0.25, 0.3) is 11.0 Å². The van der Waals surface area contributed by atoms with Crippen molar-refractivity contribution in [3.63, 3.8) is 0 Å². The molecule has 1 N–H and O–H groups in total. The highest BCUT2D eigenvalue weighted by Crippen LogP contribution is 2.33. The first kappa shape index (κ1) is 24.1. The molecular formula is C26H38N4O3S. The first-order chi connectivity index (χ1) is 16.4. The third-order valence-electron chi connectivity index (χ3n) is 6.88. The van der Waals surface area contributed by atoms with E-state index in [0.717, 1.165) is 68.2 Å². The zero-order valence-electron chi connectivity index (χ0n) is 20.7. The number of carbonyl (C=O) groups excluding carboxylic acids is 1. The molecule has 0 radical (unpaired) electrons. The molecule has 5 rings (SSSR count). The summed E-state index contributed by atoms with van der Waals surface area (Å²) in [5, 5.41) is 3.07. The Bertz CT molecular complexity index is 1010. The zero-order valence-corrected chi connectivity index (χ0v) is 21.5. The Morgan fingerprint density at radius 2 is 2.03 bits per heavy atom. The van der Waals surface area contributed by atoms with E-state index in [1.807, 2.05) is 0 Å². The molecule has 1 saturated carbocycles. The van der Waals surface area contributed by atoms with E-state index in [4.69, 9.17) is 14.5 Å². The highest BCUT2D eigenvalue weighted by atomic mass is 32.2. The molecule has 1 aromatic heterocycles. The fraction of sp³-hybridized carbons (Fsp3) is 0.692. The van der Waals surface area contributed by atoms with Crippen LogP contribution in [0.3, 0.4) is 0 Å². The van der Waals surface area contributed by atoms with Crippen LogP contribution in [0.5, 0.6) is 0 Å². The number of ether oxygens (including phenoxy) is 2. The van der Waals surface area contributed by atoms with Crippen molar-refractivity contribution in [1.82, 2.24) is 19.2 Å². The number of rotatable bonds is 6. The first-order valence-electron chi connectivity index (χ1n) is 12.8. The number of fused-ring (bicyclic) bond motifs is 1. The van der Waals surface area contributed by atoms with E-state index < -0.39 is 0 Å². The summed E-state index contributed by atoms with van der Waals surface area (Å²) < 4.78 is 16.1. The molecule has 2 saturated heterocycles. The summed E-state index contributed by atoms with van der Waals surface area (Å²) >= 11 is 1.70. The second kappa shape index (κ2) is 10.2. The van der Waals surface area contributed by atoms with Crippen molar-refractivity contribution in [3.05, 3.63) is 24.0 Å². The standard InChI is InChI=1S/C26H38N4O3S/c1-26(2,3)25-28-21-15-20(8-9-22(21)30(25)16-18-5-4-12-32-13-10-18)34-29-11-14-33-23(17-29)24(31)27-19-6-7-19/h8-9,15,18-19,23H,4-7,10-14,16-17H2,1-3H3,(H,27,31). The zero-order chi connectivity index (χ0) is 23.7. The molecule has 1 aromatic carbocycles. The predicted molar refractivity (Wildman–Crippen MR) is 135 cm³/mol. The molecule has 2 atom stereocenters. The lowest BCUT2D eigenvalue weighted by atomic mass is 9.94. The molecular weight excluding hydrogens is 448 g/mol. The fourth-order valence-corrected chi connectivity index (χ4v) is 5.84. The maximum absolute atomic E-state index is 12.4. The van der Waals surface area contributed by atoms with Gasteiger partial charge in [-0.3, -0.25) is 4.79 Å². The molecule has 3 fully saturated rings. The summed E-state index contributed by atoms with van der Waals surface area (Å²) in [5.74, 6) is 1.81. The smallest absolute Gasteiger partial charge is 0.250 e. The van der Waals surface area contributed by atoms with E-state index in [1.54, 1.807) is 11.9 Å². The van der Waals surface area contributed by atoms with Crippen LogP contribution < -0.4 is 5.32 Å². The molecule has 1 aliphatic carbocycles. The second-order valence-electron chi connectivity index (χ2n) is 11.0. The molecule has 2 aliphatic heterocycles. The van der Waals surface area contributed by atoms with E-state index in [-0.39, 0.29) is 17.4 Å². The average molecular weight is 487 g/mol. The van der Waals surface area contributed by atoms with Crippen LogP contribution in [-0.4, -0.2) is 64.8 Å². The van der Waals surface area contributed by atoms with Crippen LogP contribution in [0.1, 0.15) is 58.7 Å². The number of morpholine rings is 1. The molecule has 186 valence electrons. The van der Waals surface area contributed by atoms with Crippen molar-refractivity contribution in [2.45, 2.75) is 81.9 Å². The van der Waals surface area contributed by atoms with Gasteiger partial charge in [-0.25, -0.2) is 9.29 Å². The maximum atomic E-state index is 12.4. The van der Waals surface area contributed by atoms with Crippen molar-refractivity contribution in [3.8, 4) is 0 Å². The van der Waals surface area contributed by atoms with Crippen molar-refractivity contribution in [2.75, 3.05) is 32.9 Å². The number of imidazole rings is 1. The maximum Gasteiger partial charge on any atom is 0.250 e. The molecule has 3 aliphatic rings. The van der Waals surface area contributed by atoms with Crippen LogP contribution in [0.4, 0.5) is 0 Å². The largest absolute Gasteiger partial charge is 0.381 e. The van der Waals surface area contributed by atoms with E-state index in [9.17, 15) is 4.79 Å². The Balaban J connectivity index is 1.32. The Morgan fingerprint density at radius 1 is 1.18 bits per heavy atom. The third-order valence-corrected chi connectivity index (χ3v) is 7.94. The fourth-order valence-electron chi connectivity index (χ4n) is 4.87. The number of hydrogen-bond donors (Lipinski definition) is 1. The van der Waals surface area contributed by atoms with Gasteiger partial charge in [-0.1, -0.05) is 20.8 Å². The minimum Gasteiger partial charge on any atom is -0.381 e. The molecule has 3 heterocycles. The molecule has 2 aromatic rings. The van der Waals surface area contributed by atoms with Crippen molar-refractivity contribution < 1.29 is 14.3 Å². The van der Waals surface area contributed by atoms with Crippen molar-refractivity contribution >= 4 is 28.9 Å². The van der Waals surface area contributed by atoms with Crippen molar-refractivity contribution in [1.29, 1.82) is 0 Å². The van der Waals surface area contributed by atoms with E-state index in [2.05, 4.69) is 53.2 Å². The van der Waals surface area contributed by atoms with Crippen molar-refractivity contribution in [2.24, 2.45) is 5.92 Å². The van der Waals surface area contributed by atoms with Gasteiger partial charge in [0.25, 0.3) is 5.91 Å². The monoisotopic (exact) mass is 486 g/mol. The molecule has 2 unspecified atom stereocenters. The Hall–Kier alpha value is -1.61. The lowest BCUT2D eigenvalue weighted by Crippen LogP contribution is -2.48. The summed E-state index contributed by atoms with van der Waals surface area (Å²) in [6.45, 7) is 11.5. The van der Waals surface area contributed by atoms with Gasteiger partial charge >= 0.3 is 0 Å². The van der Waals surface area contributed by atoms with Crippen LogP contribution in [0, 0.1) is 5.92 Å². The average Bonchev–Trinajstić information content (AvgIpc) is 3.58. The number of hydrogen-bond acceptors (Lipinski definition) is 6. The lowest BCUT2D eigenvalue weighted by Gasteiger charge is -2.31. The molecule has 8 heteroatoms. The summed E-state index contributed by atoms with van der Waals surface area (Å²) in [4.78, 5) is 18.7. The number of nitrogens with zero attached hydrogens (tertiary/aromatic N) is 3. The van der Waals surface area contributed by atoms with Gasteiger partial charge in [0.15, 0.2) is 0 Å². The normalized spacial score (nSPS) is 24.8. The Morgan fingerprint density at radius 3 is 2.82 bits per heavy atom. The highest BCUT2D eigenvalue weighted by molar-refractivity contribution is 7.97. The van der Waals surface area contributed by atoms with Gasteiger partial charge in [0, 0.05) is 49.2 Å². The second-order valence-corrected chi connectivity index (χ2v) is 12.1. The predicted octanol–water partition coefficient (Wildman–Crippen LogP) is 4.14. The van der Waals surface area contributed by atoms with Gasteiger partial charge < -0.3 is 19.4 Å². The number of benzene rings is 1. The molecule has 7 nitrogen and oxygen atoms in total. The summed E-state index contributed by atoms with van der Waals surface area (Å²) in [6, 6.07) is 6.99. The minimum absolute atomic E-state index is 0.0279. The van der Waals surface area contributed by atoms with Crippen LogP contribution in [0.2, 0.25) is 0 Å². The summed E-state index contributed by atoms with van der Waals surface area (Å²) in [6.07, 6.45) is 5.26. The SMILES string of the molecule is CC(C)(C)c1nc2cc(SN3CCOC(C(=O)NC4CC4)C3)ccc2n1CC1CCCOCC1. The number of aromatic nitrogens is 2. The van der Waals surface area contributed by atoms with Crippen LogP contribution in [-0.2, 0) is 26.2 Å². The third kappa shape index (κ3) is 5.78. The van der Waals surface area contributed by atoms with Gasteiger partial charge in [-0.2, -0.15) is 0 Å². The van der Waals surface area contributed by atoms with Gasteiger partial charge in [-0.15, -0.1) is 0 Å².